The third-order valence-electron chi connectivity index (χ3n) is 3.34. The number of carbonyl (C=O) groups excluding carboxylic acids is 1. The molecule has 4 nitrogen and oxygen atoms in total. The number of nitrogens with one attached hydrogen (secondary N) is 1. The molecule has 1 atom stereocenters. The number of rotatable bonds is 7. The van der Waals surface area contributed by atoms with Gasteiger partial charge in [0.05, 0.1) is 4.90 Å². The lowest BCUT2D eigenvalue weighted by molar-refractivity contribution is -0.123. The molecule has 112 valence electrons. The number of benzene rings is 1. The van der Waals surface area contributed by atoms with Crippen LogP contribution >= 0.6 is 0 Å². The summed E-state index contributed by atoms with van der Waals surface area (Å²) in [5.74, 6) is -0.642. The van der Waals surface area contributed by atoms with Crippen molar-refractivity contribution in [1.29, 1.82) is 0 Å². The molecule has 0 saturated carbocycles. The van der Waals surface area contributed by atoms with Crippen LogP contribution in [0.25, 0.3) is 0 Å². The van der Waals surface area contributed by atoms with Crippen molar-refractivity contribution in [3.05, 3.63) is 29.8 Å². The second-order valence-corrected chi connectivity index (χ2v) is 6.71. The summed E-state index contributed by atoms with van der Waals surface area (Å²) in [6, 6.07) is 6.46. The van der Waals surface area contributed by atoms with Crippen molar-refractivity contribution in [2.45, 2.75) is 51.3 Å². The summed E-state index contributed by atoms with van der Waals surface area (Å²) in [6.45, 7) is 5.83. The van der Waals surface area contributed by atoms with Crippen LogP contribution < -0.4 is 4.72 Å². The fourth-order valence-corrected chi connectivity index (χ4v) is 3.01. The Morgan fingerprint density at radius 1 is 1.20 bits per heavy atom. The third-order valence-corrected chi connectivity index (χ3v) is 4.70. The molecule has 1 rings (SSSR count). The highest BCUT2D eigenvalue weighted by Gasteiger charge is 2.22. The monoisotopic (exact) mass is 297 g/mol. The molecule has 0 aliphatic heterocycles. The molecule has 0 bridgehead atoms. The van der Waals surface area contributed by atoms with Crippen molar-refractivity contribution in [3.63, 3.8) is 0 Å². The van der Waals surface area contributed by atoms with E-state index in [1.54, 1.807) is 12.1 Å². The van der Waals surface area contributed by atoms with Crippen LogP contribution in [0.2, 0.25) is 0 Å². The number of sulfonamides is 1. The first-order valence-corrected chi connectivity index (χ1v) is 8.52. The summed E-state index contributed by atoms with van der Waals surface area (Å²) < 4.78 is 26.4. The van der Waals surface area contributed by atoms with E-state index in [0.717, 1.165) is 24.8 Å². The van der Waals surface area contributed by atoms with Gasteiger partial charge in [-0.15, -0.1) is 0 Å². The van der Waals surface area contributed by atoms with Crippen molar-refractivity contribution in [2.24, 2.45) is 5.92 Å². The predicted octanol–water partition coefficient (Wildman–Crippen LogP) is 3.02. The van der Waals surface area contributed by atoms with Gasteiger partial charge in [-0.3, -0.25) is 4.79 Å². The zero-order valence-corrected chi connectivity index (χ0v) is 13.2. The molecule has 0 fully saturated rings. The molecular formula is C15H23NO3S. The van der Waals surface area contributed by atoms with Crippen molar-refractivity contribution in [1.82, 2.24) is 4.72 Å². The lowest BCUT2D eigenvalue weighted by Crippen LogP contribution is -2.35. The van der Waals surface area contributed by atoms with E-state index in [4.69, 9.17) is 0 Å². The van der Waals surface area contributed by atoms with Crippen LogP contribution in [0.3, 0.4) is 0 Å². The molecule has 0 aliphatic rings. The van der Waals surface area contributed by atoms with Crippen LogP contribution in [0.4, 0.5) is 0 Å². The van der Waals surface area contributed by atoms with Crippen molar-refractivity contribution in [2.75, 3.05) is 0 Å². The normalized spacial score (nSPS) is 12.9. The Hall–Kier alpha value is -1.36. The number of unbranched alkanes of at least 4 members (excludes halogenated alkanes) is 1. The van der Waals surface area contributed by atoms with Crippen LogP contribution in [0.15, 0.2) is 29.2 Å². The smallest absolute Gasteiger partial charge is 0.264 e. The minimum Gasteiger partial charge on any atom is -0.274 e. The zero-order valence-electron chi connectivity index (χ0n) is 12.3. The van der Waals surface area contributed by atoms with Gasteiger partial charge in [0, 0.05) is 5.92 Å². The number of carbonyl (C=O) groups is 1. The summed E-state index contributed by atoms with van der Waals surface area (Å²) in [5.41, 5.74) is 0.977. The highest BCUT2D eigenvalue weighted by Crippen LogP contribution is 2.15. The maximum atomic E-state index is 12.1. The molecule has 1 unspecified atom stereocenters. The van der Waals surface area contributed by atoms with Crippen LogP contribution in [0.1, 0.15) is 45.1 Å². The topological polar surface area (TPSA) is 63.2 Å². The largest absolute Gasteiger partial charge is 0.274 e. The van der Waals surface area contributed by atoms with Gasteiger partial charge >= 0.3 is 0 Å². The fourth-order valence-electron chi connectivity index (χ4n) is 1.96. The summed E-state index contributed by atoms with van der Waals surface area (Å²) in [4.78, 5) is 12.2. The molecule has 1 amide bonds. The van der Waals surface area contributed by atoms with Gasteiger partial charge < -0.3 is 0 Å². The first kappa shape index (κ1) is 16.7. The molecule has 1 aromatic carbocycles. The summed E-state index contributed by atoms with van der Waals surface area (Å²) >= 11 is 0. The van der Waals surface area contributed by atoms with Crippen molar-refractivity contribution in [3.8, 4) is 0 Å². The minimum absolute atomic E-state index is 0.127. The first-order chi connectivity index (χ1) is 9.40. The average Bonchev–Trinajstić information content (AvgIpc) is 2.39. The third kappa shape index (κ3) is 4.63. The Balaban J connectivity index is 2.79. The van der Waals surface area contributed by atoms with E-state index in [1.165, 1.54) is 12.1 Å². The molecule has 1 aromatic rings. The van der Waals surface area contributed by atoms with Crippen LogP contribution in [0.5, 0.6) is 0 Å². The van der Waals surface area contributed by atoms with Gasteiger partial charge in [0.25, 0.3) is 10.0 Å². The molecule has 0 radical (unpaired) electrons. The van der Waals surface area contributed by atoms with E-state index in [9.17, 15) is 13.2 Å². The Labute approximate surface area is 121 Å². The van der Waals surface area contributed by atoms with Gasteiger partial charge in [-0.1, -0.05) is 44.4 Å². The van der Waals surface area contributed by atoms with Gasteiger partial charge in [0.2, 0.25) is 5.91 Å². The number of hydrogen-bond acceptors (Lipinski definition) is 3. The Morgan fingerprint density at radius 2 is 1.80 bits per heavy atom. The van der Waals surface area contributed by atoms with Gasteiger partial charge in [0.15, 0.2) is 0 Å². The molecule has 5 heteroatoms. The lowest BCUT2D eigenvalue weighted by atomic mass is 9.99. The SMILES string of the molecule is CCCCC(CC)C(=O)NS(=O)(=O)c1ccc(C)cc1. The number of amides is 1. The van der Waals surface area contributed by atoms with E-state index in [2.05, 4.69) is 4.72 Å². The highest BCUT2D eigenvalue weighted by atomic mass is 32.2. The van der Waals surface area contributed by atoms with Crippen LogP contribution in [-0.2, 0) is 14.8 Å². The summed E-state index contributed by atoms with van der Waals surface area (Å²) in [5, 5.41) is 0. The molecule has 0 spiro atoms. The minimum atomic E-state index is -3.76. The molecule has 0 aromatic heterocycles. The van der Waals surface area contributed by atoms with E-state index in [1.807, 2.05) is 20.8 Å². The van der Waals surface area contributed by atoms with E-state index >= 15 is 0 Å². The molecule has 0 heterocycles. The van der Waals surface area contributed by atoms with Crippen molar-refractivity contribution < 1.29 is 13.2 Å². The standard InChI is InChI=1S/C15H23NO3S/c1-4-6-7-13(5-2)15(17)16-20(18,19)14-10-8-12(3)9-11-14/h8-11,13H,4-7H2,1-3H3,(H,16,17). The molecule has 20 heavy (non-hydrogen) atoms. The second-order valence-electron chi connectivity index (χ2n) is 5.03. The molecular weight excluding hydrogens is 274 g/mol. The molecule has 0 aliphatic carbocycles. The molecule has 0 saturated heterocycles. The summed E-state index contributed by atoms with van der Waals surface area (Å²) in [7, 11) is -3.76. The number of hydrogen-bond donors (Lipinski definition) is 1. The average molecular weight is 297 g/mol. The quantitative estimate of drug-likeness (QED) is 0.841. The van der Waals surface area contributed by atoms with E-state index in [0.29, 0.717) is 6.42 Å². The summed E-state index contributed by atoms with van der Waals surface area (Å²) in [6.07, 6.45) is 3.29. The van der Waals surface area contributed by atoms with E-state index in [-0.39, 0.29) is 10.8 Å². The van der Waals surface area contributed by atoms with Gasteiger partial charge in [-0.2, -0.15) is 0 Å². The van der Waals surface area contributed by atoms with E-state index < -0.39 is 15.9 Å². The Morgan fingerprint density at radius 3 is 2.30 bits per heavy atom. The van der Waals surface area contributed by atoms with Gasteiger partial charge in [-0.25, -0.2) is 13.1 Å². The lowest BCUT2D eigenvalue weighted by Gasteiger charge is -2.14. The van der Waals surface area contributed by atoms with Crippen LogP contribution in [0, 0.1) is 12.8 Å². The predicted molar refractivity (Wildman–Crippen MR) is 79.8 cm³/mol. The van der Waals surface area contributed by atoms with Gasteiger partial charge in [0.1, 0.15) is 0 Å². The highest BCUT2D eigenvalue weighted by molar-refractivity contribution is 7.90. The van der Waals surface area contributed by atoms with Gasteiger partial charge in [-0.05, 0) is 31.9 Å². The maximum absolute atomic E-state index is 12.1. The first-order valence-electron chi connectivity index (χ1n) is 7.04. The maximum Gasteiger partial charge on any atom is 0.264 e. The Kier molecular flexibility index (Phi) is 6.20. The second kappa shape index (κ2) is 7.43. The molecule has 1 N–H and O–H groups in total. The zero-order chi connectivity index (χ0) is 15.2. The Bertz CT molecular complexity index is 535. The van der Waals surface area contributed by atoms with Crippen LogP contribution in [-0.4, -0.2) is 14.3 Å². The van der Waals surface area contributed by atoms with Crippen molar-refractivity contribution >= 4 is 15.9 Å². The number of aryl methyl sites for hydroxylation is 1. The fraction of sp³-hybridized carbons (Fsp3) is 0.533.